The van der Waals surface area contributed by atoms with Gasteiger partial charge in [-0.25, -0.2) is 0 Å². The van der Waals surface area contributed by atoms with E-state index in [4.69, 9.17) is 0 Å². The van der Waals surface area contributed by atoms with E-state index in [1.165, 1.54) is 37.8 Å². The molecule has 0 aromatic heterocycles. The Labute approximate surface area is 100 Å². The van der Waals surface area contributed by atoms with Crippen LogP contribution in [0.3, 0.4) is 0 Å². The van der Waals surface area contributed by atoms with Gasteiger partial charge in [0.25, 0.3) is 0 Å². The zero-order valence-electron chi connectivity index (χ0n) is 10.9. The minimum Gasteiger partial charge on any atom is -0.309 e. The summed E-state index contributed by atoms with van der Waals surface area (Å²) in [6.45, 7) is 3.48. The molecule has 1 aromatic carbocycles. The predicted molar refractivity (Wildman–Crippen MR) is 71.7 cm³/mol. The fourth-order valence-corrected chi connectivity index (χ4v) is 2.21. The molecular weight excluding hydrogens is 194 g/mol. The highest BCUT2D eigenvalue weighted by molar-refractivity contribution is 5.15. The van der Waals surface area contributed by atoms with Gasteiger partial charge < -0.3 is 4.90 Å². The zero-order chi connectivity index (χ0) is 11.8. The van der Waals surface area contributed by atoms with Gasteiger partial charge in [-0.05, 0) is 38.4 Å². The molecular formula is C15H25N. The molecule has 0 saturated heterocycles. The second kappa shape index (κ2) is 7.45. The van der Waals surface area contributed by atoms with E-state index in [0.717, 1.165) is 5.92 Å². The maximum atomic E-state index is 2.31. The van der Waals surface area contributed by atoms with Crippen LogP contribution in [0.5, 0.6) is 0 Å². The zero-order valence-corrected chi connectivity index (χ0v) is 10.9. The minimum atomic E-state index is 0.803. The fourth-order valence-electron chi connectivity index (χ4n) is 2.21. The molecule has 90 valence electrons. The Balaban J connectivity index is 2.49. The van der Waals surface area contributed by atoms with E-state index < -0.39 is 0 Å². The van der Waals surface area contributed by atoms with E-state index in [1.54, 1.807) is 0 Å². The number of benzene rings is 1. The van der Waals surface area contributed by atoms with Crippen molar-refractivity contribution in [3.05, 3.63) is 35.9 Å². The van der Waals surface area contributed by atoms with Gasteiger partial charge in [0.15, 0.2) is 0 Å². The molecule has 1 rings (SSSR count). The smallest absolute Gasteiger partial charge is 0.000674 e. The Kier molecular flexibility index (Phi) is 6.17. The topological polar surface area (TPSA) is 3.24 Å². The Morgan fingerprint density at radius 3 is 2.38 bits per heavy atom. The van der Waals surface area contributed by atoms with Crippen LogP contribution in [0, 0.1) is 5.92 Å². The van der Waals surface area contributed by atoms with Crippen LogP contribution in [0.4, 0.5) is 0 Å². The fraction of sp³-hybridized carbons (Fsp3) is 0.600. The lowest BCUT2D eigenvalue weighted by Gasteiger charge is -2.21. The first kappa shape index (κ1) is 13.2. The van der Waals surface area contributed by atoms with Crippen LogP contribution < -0.4 is 0 Å². The number of unbranched alkanes of at least 4 members (excludes halogenated alkanes) is 1. The third-order valence-electron chi connectivity index (χ3n) is 2.96. The molecule has 0 spiro atoms. The summed E-state index contributed by atoms with van der Waals surface area (Å²) in [7, 11) is 4.34. The highest BCUT2D eigenvalue weighted by Crippen LogP contribution is 2.16. The molecule has 0 aliphatic carbocycles. The molecule has 0 N–H and O–H groups in total. The van der Waals surface area contributed by atoms with E-state index >= 15 is 0 Å². The van der Waals surface area contributed by atoms with E-state index in [2.05, 4.69) is 56.3 Å². The first-order chi connectivity index (χ1) is 7.72. The van der Waals surface area contributed by atoms with Gasteiger partial charge in [-0.15, -0.1) is 0 Å². The Hall–Kier alpha value is -0.820. The van der Waals surface area contributed by atoms with Crippen molar-refractivity contribution in [3.8, 4) is 0 Å². The molecule has 0 amide bonds. The SMILES string of the molecule is CCCC[C@@H](Cc1ccccc1)CN(C)C. The van der Waals surface area contributed by atoms with Crippen LogP contribution in [0.15, 0.2) is 30.3 Å². The summed E-state index contributed by atoms with van der Waals surface area (Å²) in [5.74, 6) is 0.803. The maximum absolute atomic E-state index is 2.31. The average Bonchev–Trinajstić information content (AvgIpc) is 2.26. The third kappa shape index (κ3) is 5.32. The summed E-state index contributed by atoms with van der Waals surface area (Å²) in [4.78, 5) is 2.31. The lowest BCUT2D eigenvalue weighted by Crippen LogP contribution is -2.23. The summed E-state index contributed by atoms with van der Waals surface area (Å²) in [5.41, 5.74) is 1.48. The van der Waals surface area contributed by atoms with Crippen LogP contribution in [-0.2, 0) is 6.42 Å². The van der Waals surface area contributed by atoms with Crippen LogP contribution in [0.1, 0.15) is 31.7 Å². The van der Waals surface area contributed by atoms with Crippen molar-refractivity contribution in [3.63, 3.8) is 0 Å². The van der Waals surface area contributed by atoms with Crippen molar-refractivity contribution in [2.45, 2.75) is 32.6 Å². The number of rotatable bonds is 7. The van der Waals surface area contributed by atoms with Crippen LogP contribution in [-0.4, -0.2) is 25.5 Å². The van der Waals surface area contributed by atoms with Crippen molar-refractivity contribution in [2.24, 2.45) is 5.92 Å². The first-order valence-electron chi connectivity index (χ1n) is 6.41. The van der Waals surface area contributed by atoms with E-state index in [-0.39, 0.29) is 0 Å². The number of hydrogen-bond donors (Lipinski definition) is 0. The van der Waals surface area contributed by atoms with Crippen molar-refractivity contribution < 1.29 is 0 Å². The second-order valence-corrected chi connectivity index (χ2v) is 4.96. The standard InChI is InChI=1S/C15H25N/c1-4-5-9-15(13-16(2)3)12-14-10-7-6-8-11-14/h6-8,10-11,15H,4-5,9,12-13H2,1-3H3/t15-/m0/s1. The monoisotopic (exact) mass is 219 g/mol. The Bertz CT molecular complexity index is 266. The molecule has 1 aromatic rings. The van der Waals surface area contributed by atoms with Gasteiger partial charge >= 0.3 is 0 Å². The normalized spacial score (nSPS) is 13.0. The molecule has 16 heavy (non-hydrogen) atoms. The molecule has 1 nitrogen and oxygen atoms in total. The molecule has 0 radical (unpaired) electrons. The molecule has 0 fully saturated rings. The van der Waals surface area contributed by atoms with E-state index in [1.807, 2.05) is 0 Å². The first-order valence-corrected chi connectivity index (χ1v) is 6.41. The van der Waals surface area contributed by atoms with Gasteiger partial charge in [-0.3, -0.25) is 0 Å². The summed E-state index contributed by atoms with van der Waals surface area (Å²) >= 11 is 0. The molecule has 0 aliphatic heterocycles. The summed E-state index contributed by atoms with van der Waals surface area (Å²) in [5, 5.41) is 0. The summed E-state index contributed by atoms with van der Waals surface area (Å²) in [6.07, 6.45) is 5.23. The van der Waals surface area contributed by atoms with Gasteiger partial charge in [-0.1, -0.05) is 50.1 Å². The molecule has 0 unspecified atom stereocenters. The molecule has 0 saturated carbocycles. The van der Waals surface area contributed by atoms with Gasteiger partial charge in [-0.2, -0.15) is 0 Å². The minimum absolute atomic E-state index is 0.803. The van der Waals surface area contributed by atoms with Crippen molar-refractivity contribution in [1.82, 2.24) is 4.90 Å². The quantitative estimate of drug-likeness (QED) is 0.677. The Morgan fingerprint density at radius 1 is 1.12 bits per heavy atom. The van der Waals surface area contributed by atoms with Crippen molar-refractivity contribution in [1.29, 1.82) is 0 Å². The lowest BCUT2D eigenvalue weighted by molar-refractivity contribution is 0.305. The molecule has 0 aliphatic rings. The molecule has 0 heterocycles. The largest absolute Gasteiger partial charge is 0.309 e. The molecule has 1 atom stereocenters. The van der Waals surface area contributed by atoms with Gasteiger partial charge in [0.2, 0.25) is 0 Å². The highest BCUT2D eigenvalue weighted by atomic mass is 15.1. The number of hydrogen-bond acceptors (Lipinski definition) is 1. The highest BCUT2D eigenvalue weighted by Gasteiger charge is 2.10. The summed E-state index contributed by atoms with van der Waals surface area (Å²) in [6, 6.07) is 10.9. The third-order valence-corrected chi connectivity index (χ3v) is 2.96. The molecule has 1 heteroatoms. The Morgan fingerprint density at radius 2 is 1.81 bits per heavy atom. The average molecular weight is 219 g/mol. The summed E-state index contributed by atoms with van der Waals surface area (Å²) < 4.78 is 0. The van der Waals surface area contributed by atoms with Crippen LogP contribution >= 0.6 is 0 Å². The maximum Gasteiger partial charge on any atom is 0.000674 e. The van der Waals surface area contributed by atoms with Crippen molar-refractivity contribution in [2.75, 3.05) is 20.6 Å². The van der Waals surface area contributed by atoms with E-state index in [0.29, 0.717) is 0 Å². The van der Waals surface area contributed by atoms with Gasteiger partial charge in [0.05, 0.1) is 0 Å². The second-order valence-electron chi connectivity index (χ2n) is 4.96. The van der Waals surface area contributed by atoms with Crippen LogP contribution in [0.25, 0.3) is 0 Å². The predicted octanol–water partition coefficient (Wildman–Crippen LogP) is 3.60. The van der Waals surface area contributed by atoms with E-state index in [9.17, 15) is 0 Å². The molecule has 0 bridgehead atoms. The van der Waals surface area contributed by atoms with Crippen molar-refractivity contribution >= 4 is 0 Å². The lowest BCUT2D eigenvalue weighted by atomic mass is 9.94. The van der Waals surface area contributed by atoms with Crippen LogP contribution in [0.2, 0.25) is 0 Å². The number of nitrogens with zero attached hydrogens (tertiary/aromatic N) is 1. The van der Waals surface area contributed by atoms with Gasteiger partial charge in [0.1, 0.15) is 0 Å². The van der Waals surface area contributed by atoms with Gasteiger partial charge in [0, 0.05) is 6.54 Å².